The molecule has 27 heavy (non-hydrogen) atoms. The summed E-state index contributed by atoms with van der Waals surface area (Å²) >= 11 is 0. The first-order chi connectivity index (χ1) is 12.9. The summed E-state index contributed by atoms with van der Waals surface area (Å²) in [5.74, 6) is 1.45. The predicted octanol–water partition coefficient (Wildman–Crippen LogP) is 1.84. The molecule has 7 nitrogen and oxygen atoms in total. The molecule has 0 aromatic rings. The Labute approximate surface area is 165 Å². The number of aliphatic imine (C=N–C) groups is 1. The van der Waals surface area contributed by atoms with Crippen LogP contribution in [-0.4, -0.2) is 73.9 Å². The van der Waals surface area contributed by atoms with Crippen molar-refractivity contribution in [3.8, 4) is 0 Å². The lowest BCUT2D eigenvalue weighted by Crippen LogP contribution is -2.46. The number of nitrogens with zero attached hydrogens (tertiary/aromatic N) is 3. The molecular formula is C20H39N5O2. The van der Waals surface area contributed by atoms with Crippen LogP contribution < -0.4 is 10.6 Å². The standard InChI is InChI=1S/C20H39N5O2/c1-6-9-10-16(7-2)13-21-20(22-14-19(27)24(4)5)23-17-11-12-25(15-17)18(26)8-3/h16-17H,6-15H2,1-5H3,(H2,21,22,23). The third-order valence-corrected chi connectivity index (χ3v) is 5.16. The average molecular weight is 382 g/mol. The van der Waals surface area contributed by atoms with Crippen LogP contribution in [0.5, 0.6) is 0 Å². The second-order valence-corrected chi connectivity index (χ2v) is 7.57. The summed E-state index contributed by atoms with van der Waals surface area (Å²) in [6.07, 6.45) is 6.21. The van der Waals surface area contributed by atoms with E-state index < -0.39 is 0 Å². The Morgan fingerprint density at radius 2 is 2.00 bits per heavy atom. The number of hydrogen-bond acceptors (Lipinski definition) is 3. The number of likely N-dealkylation sites (N-methyl/N-ethyl adjacent to an activating group) is 1. The highest BCUT2D eigenvalue weighted by Gasteiger charge is 2.26. The number of nitrogens with one attached hydrogen (secondary N) is 2. The molecule has 2 unspecified atom stereocenters. The molecule has 1 rings (SSSR count). The molecule has 1 aliphatic rings. The van der Waals surface area contributed by atoms with E-state index >= 15 is 0 Å². The minimum absolute atomic E-state index is 0.0247. The Balaban J connectivity index is 2.66. The summed E-state index contributed by atoms with van der Waals surface area (Å²) in [7, 11) is 3.48. The van der Waals surface area contributed by atoms with Crippen LogP contribution in [0.1, 0.15) is 59.3 Å². The van der Waals surface area contributed by atoms with Crippen LogP contribution in [0, 0.1) is 5.92 Å². The molecule has 0 aliphatic carbocycles. The number of unbranched alkanes of at least 4 members (excludes halogenated alkanes) is 1. The Kier molecular flexibility index (Phi) is 10.8. The van der Waals surface area contributed by atoms with Crippen LogP contribution in [-0.2, 0) is 9.59 Å². The summed E-state index contributed by atoms with van der Waals surface area (Å²) in [6, 6.07) is 0.178. The average Bonchev–Trinajstić information content (AvgIpc) is 3.13. The van der Waals surface area contributed by atoms with E-state index in [-0.39, 0.29) is 24.4 Å². The van der Waals surface area contributed by atoms with E-state index in [0.717, 1.165) is 25.9 Å². The molecule has 2 atom stereocenters. The quantitative estimate of drug-likeness (QED) is 0.447. The molecule has 1 aliphatic heterocycles. The van der Waals surface area contributed by atoms with Gasteiger partial charge in [0.25, 0.3) is 0 Å². The largest absolute Gasteiger partial charge is 0.356 e. The molecule has 0 radical (unpaired) electrons. The van der Waals surface area contributed by atoms with Crippen LogP contribution >= 0.6 is 0 Å². The van der Waals surface area contributed by atoms with Crippen LogP contribution in [0.4, 0.5) is 0 Å². The van der Waals surface area contributed by atoms with E-state index in [4.69, 9.17) is 0 Å². The maximum absolute atomic E-state index is 11.9. The monoisotopic (exact) mass is 381 g/mol. The summed E-state index contributed by atoms with van der Waals surface area (Å²) < 4.78 is 0. The fourth-order valence-corrected chi connectivity index (χ4v) is 3.15. The Morgan fingerprint density at radius 1 is 1.26 bits per heavy atom. The van der Waals surface area contributed by atoms with Gasteiger partial charge in [-0.25, -0.2) is 4.99 Å². The van der Waals surface area contributed by atoms with Crippen molar-refractivity contribution in [3.63, 3.8) is 0 Å². The van der Waals surface area contributed by atoms with Crippen LogP contribution in [0.25, 0.3) is 0 Å². The lowest BCUT2D eigenvalue weighted by Gasteiger charge is -2.21. The van der Waals surface area contributed by atoms with E-state index in [1.807, 2.05) is 11.8 Å². The number of guanidine groups is 1. The van der Waals surface area contributed by atoms with Crippen molar-refractivity contribution in [2.24, 2.45) is 10.9 Å². The number of rotatable bonds is 10. The molecular weight excluding hydrogens is 342 g/mol. The fourth-order valence-electron chi connectivity index (χ4n) is 3.15. The summed E-state index contributed by atoms with van der Waals surface area (Å²) in [4.78, 5) is 31.7. The maximum atomic E-state index is 11.9. The minimum Gasteiger partial charge on any atom is -0.356 e. The zero-order valence-electron chi connectivity index (χ0n) is 17.9. The number of carbonyl (C=O) groups is 2. The topological polar surface area (TPSA) is 77.0 Å². The molecule has 0 aromatic carbocycles. The van der Waals surface area contributed by atoms with E-state index in [0.29, 0.717) is 24.8 Å². The molecule has 0 saturated carbocycles. The lowest BCUT2D eigenvalue weighted by molar-refractivity contribution is -0.130. The lowest BCUT2D eigenvalue weighted by atomic mass is 9.99. The minimum atomic E-state index is -0.0247. The van der Waals surface area contributed by atoms with Gasteiger partial charge in [0.15, 0.2) is 5.96 Å². The number of amides is 2. The summed E-state index contributed by atoms with van der Waals surface area (Å²) in [5, 5.41) is 6.85. The molecule has 1 fully saturated rings. The molecule has 2 amide bonds. The van der Waals surface area contributed by atoms with Crippen LogP contribution in [0.2, 0.25) is 0 Å². The zero-order valence-corrected chi connectivity index (χ0v) is 17.9. The van der Waals surface area contributed by atoms with Gasteiger partial charge in [-0.1, -0.05) is 40.0 Å². The van der Waals surface area contributed by atoms with Crippen molar-refractivity contribution in [2.45, 2.75) is 65.3 Å². The summed E-state index contributed by atoms with van der Waals surface area (Å²) in [5.41, 5.74) is 0. The van der Waals surface area contributed by atoms with Gasteiger partial charge < -0.3 is 20.4 Å². The summed E-state index contributed by atoms with van der Waals surface area (Å²) in [6.45, 7) is 8.77. The molecule has 0 spiro atoms. The number of hydrogen-bond donors (Lipinski definition) is 2. The van der Waals surface area contributed by atoms with Crippen molar-refractivity contribution in [2.75, 3.05) is 40.3 Å². The highest BCUT2D eigenvalue weighted by molar-refractivity contribution is 5.85. The highest BCUT2D eigenvalue weighted by atomic mass is 16.2. The van der Waals surface area contributed by atoms with E-state index in [1.54, 1.807) is 19.0 Å². The molecule has 7 heteroatoms. The van der Waals surface area contributed by atoms with Gasteiger partial charge >= 0.3 is 0 Å². The van der Waals surface area contributed by atoms with Crippen molar-refractivity contribution in [1.29, 1.82) is 0 Å². The van der Waals surface area contributed by atoms with Gasteiger partial charge in [-0.05, 0) is 18.8 Å². The van der Waals surface area contributed by atoms with Crippen molar-refractivity contribution in [3.05, 3.63) is 0 Å². The Hall–Kier alpha value is -1.79. The second kappa shape index (κ2) is 12.6. The smallest absolute Gasteiger partial charge is 0.243 e. The molecule has 1 saturated heterocycles. The first kappa shape index (κ1) is 23.2. The Bertz CT molecular complexity index is 493. The normalized spacial score (nSPS) is 18.3. The van der Waals surface area contributed by atoms with E-state index in [1.165, 1.54) is 19.3 Å². The molecule has 156 valence electrons. The van der Waals surface area contributed by atoms with Crippen molar-refractivity contribution in [1.82, 2.24) is 20.4 Å². The van der Waals surface area contributed by atoms with Gasteiger partial charge in [0, 0.05) is 46.2 Å². The third-order valence-electron chi connectivity index (χ3n) is 5.16. The van der Waals surface area contributed by atoms with Gasteiger partial charge in [-0.15, -0.1) is 0 Å². The molecule has 1 heterocycles. The maximum Gasteiger partial charge on any atom is 0.243 e. The predicted molar refractivity (Wildman–Crippen MR) is 111 cm³/mol. The van der Waals surface area contributed by atoms with Crippen molar-refractivity contribution >= 4 is 17.8 Å². The van der Waals surface area contributed by atoms with Crippen molar-refractivity contribution < 1.29 is 9.59 Å². The molecule has 0 aromatic heterocycles. The fraction of sp³-hybridized carbons (Fsp3) is 0.850. The van der Waals surface area contributed by atoms with Gasteiger partial charge in [-0.2, -0.15) is 0 Å². The number of likely N-dealkylation sites (tertiary alicyclic amines) is 1. The third kappa shape index (κ3) is 8.63. The number of carbonyl (C=O) groups excluding carboxylic acids is 2. The van der Waals surface area contributed by atoms with Crippen LogP contribution in [0.3, 0.4) is 0 Å². The van der Waals surface area contributed by atoms with Gasteiger partial charge in [0.05, 0.1) is 0 Å². The zero-order chi connectivity index (χ0) is 20.2. The first-order valence-corrected chi connectivity index (χ1v) is 10.4. The van der Waals surface area contributed by atoms with Crippen LogP contribution in [0.15, 0.2) is 4.99 Å². The SMILES string of the molecule is CCCCC(CC)CNC(=NCC(=O)N(C)C)NC1CCN(C(=O)CC)C1. The second-order valence-electron chi connectivity index (χ2n) is 7.57. The Morgan fingerprint density at radius 3 is 2.59 bits per heavy atom. The highest BCUT2D eigenvalue weighted by Crippen LogP contribution is 2.12. The van der Waals surface area contributed by atoms with E-state index in [2.05, 4.69) is 29.5 Å². The first-order valence-electron chi connectivity index (χ1n) is 10.4. The van der Waals surface area contributed by atoms with Gasteiger partial charge in [-0.3, -0.25) is 9.59 Å². The molecule has 0 bridgehead atoms. The van der Waals surface area contributed by atoms with Gasteiger partial charge in [0.2, 0.25) is 11.8 Å². The molecule has 2 N–H and O–H groups in total. The van der Waals surface area contributed by atoms with E-state index in [9.17, 15) is 9.59 Å². The van der Waals surface area contributed by atoms with Gasteiger partial charge in [0.1, 0.15) is 6.54 Å².